The van der Waals surface area contributed by atoms with Crippen molar-refractivity contribution in [2.45, 2.75) is 66.2 Å². The molecule has 0 radical (unpaired) electrons. The van der Waals surface area contributed by atoms with Crippen molar-refractivity contribution in [1.29, 1.82) is 5.41 Å². The van der Waals surface area contributed by atoms with Crippen LogP contribution < -0.4 is 16.0 Å². The van der Waals surface area contributed by atoms with Crippen LogP contribution in [0.15, 0.2) is 40.9 Å². The van der Waals surface area contributed by atoms with E-state index >= 15 is 0 Å². The summed E-state index contributed by atoms with van der Waals surface area (Å²) in [6, 6.07) is 6.90. The summed E-state index contributed by atoms with van der Waals surface area (Å²) in [6.07, 6.45) is 3.53. The van der Waals surface area contributed by atoms with Gasteiger partial charge in [-0.15, -0.1) is 0 Å². The average molecular weight is 454 g/mol. The highest BCUT2D eigenvalue weighted by atomic mass is 16.5. The number of rotatable bonds is 11. The molecule has 1 aromatic rings. The third-order valence-electron chi connectivity index (χ3n) is 6.79. The maximum atomic E-state index is 13.2. The molecular weight excluding hydrogens is 414 g/mol. The Labute approximate surface area is 198 Å². The summed E-state index contributed by atoms with van der Waals surface area (Å²) in [4.78, 5) is 15.6. The molecule has 7 heteroatoms. The van der Waals surface area contributed by atoms with Gasteiger partial charge in [-0.1, -0.05) is 25.1 Å². The number of fused-ring (bicyclic) bond motifs is 2. The van der Waals surface area contributed by atoms with Crippen molar-refractivity contribution < 1.29 is 9.53 Å². The molecule has 3 rings (SSSR count). The Bertz CT molecular complexity index is 937. The molecule has 2 bridgehead atoms. The van der Waals surface area contributed by atoms with Crippen LogP contribution in [0.2, 0.25) is 0 Å². The van der Waals surface area contributed by atoms with E-state index in [1.54, 1.807) is 6.92 Å². The van der Waals surface area contributed by atoms with E-state index in [2.05, 4.69) is 59.8 Å². The van der Waals surface area contributed by atoms with Crippen LogP contribution in [0.25, 0.3) is 0 Å². The lowest BCUT2D eigenvalue weighted by Gasteiger charge is -2.27. The summed E-state index contributed by atoms with van der Waals surface area (Å²) in [7, 11) is 0. The molecule has 7 nitrogen and oxygen atoms in total. The molecule has 0 saturated carbocycles. The second-order valence-electron chi connectivity index (χ2n) is 9.20. The molecule has 2 heterocycles. The normalized spacial score (nSPS) is 21.4. The van der Waals surface area contributed by atoms with Gasteiger partial charge in [-0.2, -0.15) is 0 Å². The van der Waals surface area contributed by atoms with Gasteiger partial charge in [0.2, 0.25) is 0 Å². The zero-order valence-corrected chi connectivity index (χ0v) is 20.7. The fourth-order valence-electron chi connectivity index (χ4n) is 4.31. The maximum absolute atomic E-state index is 13.2. The number of benzene rings is 1. The molecule has 2 fully saturated rings. The number of ether oxygens (including phenoxy) is 1. The van der Waals surface area contributed by atoms with Gasteiger partial charge in [-0.3, -0.25) is 9.69 Å². The Kier molecular flexibility index (Phi) is 8.69. The number of nitrogens with one attached hydrogen (secondary N) is 4. The largest absolute Gasteiger partial charge is 0.379 e. The minimum Gasteiger partial charge on any atom is -0.379 e. The molecule has 1 unspecified atom stereocenters. The Morgan fingerprint density at radius 1 is 1.24 bits per heavy atom. The predicted octanol–water partition coefficient (Wildman–Crippen LogP) is 3.14. The van der Waals surface area contributed by atoms with E-state index in [9.17, 15) is 4.79 Å². The Hall–Kier alpha value is -2.64. The Morgan fingerprint density at radius 2 is 2.03 bits per heavy atom. The Morgan fingerprint density at radius 3 is 2.64 bits per heavy atom. The number of likely N-dealkylation sites (tertiary alicyclic amines) is 1. The van der Waals surface area contributed by atoms with Gasteiger partial charge in [0.05, 0.1) is 12.7 Å². The summed E-state index contributed by atoms with van der Waals surface area (Å²) in [5.74, 6) is 0.504. The Balaban J connectivity index is 1.62. The molecule has 0 spiro atoms. The maximum Gasteiger partial charge on any atom is 0.273 e. The van der Waals surface area contributed by atoms with Crippen molar-refractivity contribution in [2.75, 3.05) is 26.2 Å². The minimum absolute atomic E-state index is 0.224. The number of allylic oxidation sites excluding steroid dienone is 2. The highest BCUT2D eigenvalue weighted by Crippen LogP contribution is 2.27. The van der Waals surface area contributed by atoms with Crippen LogP contribution in [-0.2, 0) is 16.1 Å². The first-order valence-electron chi connectivity index (χ1n) is 11.9. The standard InChI is InChI=1S/C26H39N5O2/c1-6-17(2)25(29-14-21-8-7-18(3)19(4)11-21)30-26(32)24(20(5)13-27)28-9-10-31-15-23-12-22(31)16-33-23/h7-8,11,13,22-23,27-29H,6,9-10,12,14-16H2,1-5H3,(H,30,32)/b24-20-,25-17-,27-13?/t22?,23-/m0/s1. The van der Waals surface area contributed by atoms with Crippen molar-refractivity contribution in [2.24, 2.45) is 0 Å². The number of hydrogen-bond donors (Lipinski definition) is 4. The summed E-state index contributed by atoms with van der Waals surface area (Å²) >= 11 is 0. The van der Waals surface area contributed by atoms with Gasteiger partial charge in [0.1, 0.15) is 11.5 Å². The van der Waals surface area contributed by atoms with Crippen molar-refractivity contribution in [3.8, 4) is 0 Å². The van der Waals surface area contributed by atoms with Crippen molar-refractivity contribution in [1.82, 2.24) is 20.9 Å². The molecule has 0 aromatic heterocycles. The van der Waals surface area contributed by atoms with Crippen LogP contribution in [0.4, 0.5) is 0 Å². The first-order valence-corrected chi connectivity index (χ1v) is 11.9. The third-order valence-corrected chi connectivity index (χ3v) is 6.79. The molecule has 2 aliphatic heterocycles. The number of carbonyl (C=O) groups excluding carboxylic acids is 1. The van der Waals surface area contributed by atoms with E-state index in [4.69, 9.17) is 10.1 Å². The summed E-state index contributed by atoms with van der Waals surface area (Å²) < 4.78 is 5.67. The molecule has 2 aliphatic rings. The van der Waals surface area contributed by atoms with E-state index in [1.807, 2.05) is 6.92 Å². The number of morpholine rings is 1. The number of carbonyl (C=O) groups is 1. The quantitative estimate of drug-likeness (QED) is 0.305. The van der Waals surface area contributed by atoms with Crippen LogP contribution in [0, 0.1) is 19.3 Å². The summed E-state index contributed by atoms with van der Waals surface area (Å²) in [5, 5.41) is 17.4. The zero-order valence-electron chi connectivity index (χ0n) is 20.7. The molecule has 0 aliphatic carbocycles. The van der Waals surface area contributed by atoms with Crippen molar-refractivity contribution >= 4 is 12.1 Å². The van der Waals surface area contributed by atoms with Gasteiger partial charge < -0.3 is 26.1 Å². The van der Waals surface area contributed by atoms with Gasteiger partial charge in [0.25, 0.3) is 5.91 Å². The second kappa shape index (κ2) is 11.5. The smallest absolute Gasteiger partial charge is 0.273 e. The topological polar surface area (TPSA) is 89.5 Å². The molecule has 1 aromatic carbocycles. The van der Waals surface area contributed by atoms with Gasteiger partial charge in [-0.05, 0) is 68.4 Å². The van der Waals surface area contributed by atoms with Crippen LogP contribution in [0.5, 0.6) is 0 Å². The lowest BCUT2D eigenvalue weighted by atomic mass is 10.1. The van der Waals surface area contributed by atoms with Crippen LogP contribution in [-0.4, -0.2) is 55.4 Å². The fourth-order valence-corrected chi connectivity index (χ4v) is 4.31. The van der Waals surface area contributed by atoms with Crippen molar-refractivity contribution in [3.05, 3.63) is 57.6 Å². The molecule has 4 N–H and O–H groups in total. The van der Waals surface area contributed by atoms with Crippen LogP contribution in [0.3, 0.4) is 0 Å². The lowest BCUT2D eigenvalue weighted by molar-refractivity contribution is -0.117. The summed E-state index contributed by atoms with van der Waals surface area (Å²) in [6.45, 7) is 14.0. The highest BCUT2D eigenvalue weighted by molar-refractivity contribution is 5.99. The van der Waals surface area contributed by atoms with Gasteiger partial charge in [0.15, 0.2) is 0 Å². The van der Waals surface area contributed by atoms with Gasteiger partial charge in [-0.25, -0.2) is 0 Å². The molecular formula is C26H39N5O2. The monoisotopic (exact) mass is 453 g/mol. The fraction of sp³-hybridized carbons (Fsp3) is 0.538. The van der Waals surface area contributed by atoms with Gasteiger partial charge in [0, 0.05) is 38.4 Å². The molecule has 180 valence electrons. The first kappa shape index (κ1) is 25.0. The lowest BCUT2D eigenvalue weighted by Crippen LogP contribution is -2.43. The second-order valence-corrected chi connectivity index (χ2v) is 9.20. The number of nitrogens with zero attached hydrogens (tertiary/aromatic N) is 1. The molecule has 2 saturated heterocycles. The zero-order chi connectivity index (χ0) is 24.0. The first-order chi connectivity index (χ1) is 15.8. The molecule has 33 heavy (non-hydrogen) atoms. The predicted molar refractivity (Wildman–Crippen MR) is 133 cm³/mol. The van der Waals surface area contributed by atoms with Crippen LogP contribution in [0.1, 0.15) is 50.3 Å². The van der Waals surface area contributed by atoms with E-state index in [0.29, 0.717) is 36.5 Å². The van der Waals surface area contributed by atoms with E-state index in [0.717, 1.165) is 43.9 Å². The average Bonchev–Trinajstić information content (AvgIpc) is 3.44. The number of hydrogen-bond acceptors (Lipinski definition) is 6. The molecule has 2 atom stereocenters. The van der Waals surface area contributed by atoms with E-state index in [1.165, 1.54) is 22.9 Å². The minimum atomic E-state index is -0.224. The highest BCUT2D eigenvalue weighted by Gasteiger charge is 2.38. The summed E-state index contributed by atoms with van der Waals surface area (Å²) in [5.41, 5.74) is 5.82. The van der Waals surface area contributed by atoms with E-state index < -0.39 is 0 Å². The van der Waals surface area contributed by atoms with E-state index in [-0.39, 0.29) is 5.91 Å². The third kappa shape index (κ3) is 6.45. The molecule has 1 amide bonds. The van der Waals surface area contributed by atoms with Gasteiger partial charge >= 0.3 is 0 Å². The number of amides is 1. The number of aryl methyl sites for hydroxylation is 2. The van der Waals surface area contributed by atoms with Crippen molar-refractivity contribution in [3.63, 3.8) is 0 Å². The van der Waals surface area contributed by atoms with Crippen LogP contribution >= 0.6 is 0 Å². The SMILES string of the molecule is CC/C(C)=C(/NCc1ccc(C)c(C)c1)NC(=O)/C(NCCN1C[C@@H]2CC1CO2)=C(\C)C=N.